The van der Waals surface area contributed by atoms with E-state index in [4.69, 9.17) is 4.74 Å². The highest BCUT2D eigenvalue weighted by atomic mass is 19.1. The second-order valence-corrected chi connectivity index (χ2v) is 6.41. The highest BCUT2D eigenvalue weighted by Gasteiger charge is 2.32. The summed E-state index contributed by atoms with van der Waals surface area (Å²) in [5, 5.41) is 8.30. The summed E-state index contributed by atoms with van der Waals surface area (Å²) < 4.78 is 48.1. The van der Waals surface area contributed by atoms with Gasteiger partial charge in [-0.15, -0.1) is 10.2 Å². The molecule has 0 unspecified atom stereocenters. The van der Waals surface area contributed by atoms with Crippen LogP contribution in [0.4, 0.5) is 13.2 Å². The molecule has 2 aromatic heterocycles. The minimum Gasteiger partial charge on any atom is -0.474 e. The van der Waals surface area contributed by atoms with E-state index in [0.29, 0.717) is 23.8 Å². The van der Waals surface area contributed by atoms with Crippen LogP contribution in [-0.2, 0) is 12.6 Å². The molecule has 0 spiro atoms. The van der Waals surface area contributed by atoms with Gasteiger partial charge in [-0.2, -0.15) is 0 Å². The molecule has 3 rings (SSSR count). The number of pyridine rings is 1. The van der Waals surface area contributed by atoms with Gasteiger partial charge in [0, 0.05) is 37.1 Å². The van der Waals surface area contributed by atoms with Crippen molar-refractivity contribution >= 4 is 0 Å². The maximum atomic E-state index is 13.9. The van der Waals surface area contributed by atoms with Crippen molar-refractivity contribution < 1.29 is 17.9 Å². The first-order valence-corrected chi connectivity index (χ1v) is 7.85. The van der Waals surface area contributed by atoms with E-state index in [1.54, 1.807) is 43.9 Å². The van der Waals surface area contributed by atoms with Crippen LogP contribution >= 0.6 is 0 Å². The van der Waals surface area contributed by atoms with E-state index >= 15 is 0 Å². The quantitative estimate of drug-likeness (QED) is 0.706. The van der Waals surface area contributed by atoms with Crippen molar-refractivity contribution in [3.05, 3.63) is 59.4 Å². The largest absolute Gasteiger partial charge is 0.474 e. The second kappa shape index (κ2) is 6.44. The predicted octanol–water partition coefficient (Wildman–Crippen LogP) is 3.92. The van der Waals surface area contributed by atoms with Gasteiger partial charge in [-0.1, -0.05) is 0 Å². The molecule has 0 aliphatic carbocycles. The smallest absolute Gasteiger partial charge is 0.192 e. The van der Waals surface area contributed by atoms with Crippen LogP contribution in [0.1, 0.15) is 25.2 Å². The molecule has 0 amide bonds. The summed E-state index contributed by atoms with van der Waals surface area (Å²) in [5.74, 6) is -3.00. The molecular formula is C18H17F3N4O. The van der Waals surface area contributed by atoms with Gasteiger partial charge in [-0.3, -0.25) is 4.98 Å². The summed E-state index contributed by atoms with van der Waals surface area (Å²) in [4.78, 5) is 4.04. The molecule has 0 aliphatic heterocycles. The fraction of sp³-hybridized carbons (Fsp3) is 0.278. The molecule has 0 N–H and O–H groups in total. The molecule has 0 fully saturated rings. The Bertz CT molecular complexity index is 946. The van der Waals surface area contributed by atoms with Crippen LogP contribution < -0.4 is 4.74 Å². The van der Waals surface area contributed by atoms with E-state index < -0.39 is 28.8 Å². The Morgan fingerprint density at radius 3 is 2.35 bits per heavy atom. The van der Waals surface area contributed by atoms with Gasteiger partial charge >= 0.3 is 0 Å². The molecule has 2 heterocycles. The zero-order valence-electron chi connectivity index (χ0n) is 14.7. The molecule has 136 valence electrons. The van der Waals surface area contributed by atoms with Crippen molar-refractivity contribution in [2.75, 3.05) is 0 Å². The third kappa shape index (κ3) is 3.14. The van der Waals surface area contributed by atoms with Crippen molar-refractivity contribution in [2.24, 2.45) is 7.05 Å². The lowest BCUT2D eigenvalue weighted by molar-refractivity contribution is 0.0833. The normalized spacial score (nSPS) is 11.7. The van der Waals surface area contributed by atoms with Crippen molar-refractivity contribution in [3.63, 3.8) is 0 Å². The average molecular weight is 362 g/mol. The fourth-order valence-electron chi connectivity index (χ4n) is 2.74. The summed E-state index contributed by atoms with van der Waals surface area (Å²) in [6.45, 7) is 5.09. The van der Waals surface area contributed by atoms with E-state index in [9.17, 15) is 13.2 Å². The van der Waals surface area contributed by atoms with Crippen LogP contribution in [0.2, 0.25) is 0 Å². The number of benzene rings is 1. The Hall–Kier alpha value is -2.90. The van der Waals surface area contributed by atoms with Crippen LogP contribution in [0.25, 0.3) is 11.4 Å². The highest BCUT2D eigenvalue weighted by Crippen LogP contribution is 2.32. The van der Waals surface area contributed by atoms with E-state index in [-0.39, 0.29) is 0 Å². The zero-order valence-corrected chi connectivity index (χ0v) is 14.7. The predicted molar refractivity (Wildman–Crippen MR) is 88.9 cm³/mol. The molecule has 3 aromatic rings. The van der Waals surface area contributed by atoms with Gasteiger partial charge in [0.2, 0.25) is 0 Å². The van der Waals surface area contributed by atoms with Gasteiger partial charge < -0.3 is 9.30 Å². The number of nitrogens with zero attached hydrogens (tertiary/aromatic N) is 4. The molecule has 0 saturated carbocycles. The van der Waals surface area contributed by atoms with Gasteiger partial charge in [0.05, 0.1) is 0 Å². The third-order valence-electron chi connectivity index (χ3n) is 3.99. The first-order valence-electron chi connectivity index (χ1n) is 7.85. The van der Waals surface area contributed by atoms with E-state index in [1.807, 2.05) is 6.92 Å². The van der Waals surface area contributed by atoms with E-state index in [1.165, 1.54) is 0 Å². The number of aromatic nitrogens is 4. The molecule has 0 radical (unpaired) electrons. The summed E-state index contributed by atoms with van der Waals surface area (Å²) in [6.07, 6.45) is 3.34. The second-order valence-electron chi connectivity index (χ2n) is 6.41. The molecule has 8 heteroatoms. The average Bonchev–Trinajstić information content (AvgIpc) is 2.94. The Kier molecular flexibility index (Phi) is 4.43. The van der Waals surface area contributed by atoms with E-state index in [2.05, 4.69) is 15.2 Å². The maximum absolute atomic E-state index is 13.9. The third-order valence-corrected chi connectivity index (χ3v) is 3.99. The van der Waals surface area contributed by atoms with Crippen LogP contribution in [0, 0.1) is 24.4 Å². The van der Waals surface area contributed by atoms with Crippen molar-refractivity contribution in [1.82, 2.24) is 19.7 Å². The topological polar surface area (TPSA) is 52.8 Å². The number of hydrogen-bond acceptors (Lipinski definition) is 4. The van der Waals surface area contributed by atoms with Crippen LogP contribution in [0.15, 0.2) is 30.6 Å². The van der Waals surface area contributed by atoms with Crippen LogP contribution in [-0.4, -0.2) is 19.7 Å². The molecule has 0 aliphatic rings. The zero-order chi connectivity index (χ0) is 19.1. The first kappa shape index (κ1) is 17.9. The Morgan fingerprint density at radius 1 is 1.08 bits per heavy atom. The van der Waals surface area contributed by atoms with Crippen molar-refractivity contribution in [3.8, 4) is 17.1 Å². The molecule has 1 aromatic carbocycles. The molecule has 0 atom stereocenters. The highest BCUT2D eigenvalue weighted by molar-refractivity contribution is 5.59. The SMILES string of the molecule is Cc1cnccc1-c1nnc(C(C)(C)Oc2c(F)cc(F)cc2F)n1C. The molecule has 0 saturated heterocycles. The lowest BCUT2D eigenvalue weighted by Crippen LogP contribution is -2.30. The molecule has 26 heavy (non-hydrogen) atoms. The van der Waals surface area contributed by atoms with Crippen molar-refractivity contribution in [1.29, 1.82) is 0 Å². The Morgan fingerprint density at radius 2 is 1.73 bits per heavy atom. The van der Waals surface area contributed by atoms with Gasteiger partial charge in [-0.25, -0.2) is 13.2 Å². The Labute approximate surface area is 148 Å². The minimum atomic E-state index is -1.22. The fourth-order valence-corrected chi connectivity index (χ4v) is 2.74. The minimum absolute atomic E-state index is 0.354. The first-order chi connectivity index (χ1) is 12.2. The van der Waals surface area contributed by atoms with Gasteiger partial charge in [-0.05, 0) is 32.4 Å². The monoisotopic (exact) mass is 362 g/mol. The number of aryl methyl sites for hydroxylation is 1. The standard InChI is InChI=1S/C18H17F3N4O/c1-10-9-22-6-5-12(10)16-23-24-17(25(16)4)18(2,3)26-15-13(20)7-11(19)8-14(15)21/h5-9H,1-4H3. The lowest BCUT2D eigenvalue weighted by Gasteiger charge is -2.26. The number of hydrogen-bond donors (Lipinski definition) is 0. The van der Waals surface area contributed by atoms with Gasteiger partial charge in [0.25, 0.3) is 0 Å². The molecule has 5 nitrogen and oxygen atoms in total. The summed E-state index contributed by atoms with van der Waals surface area (Å²) in [5.41, 5.74) is 0.514. The van der Waals surface area contributed by atoms with Gasteiger partial charge in [0.1, 0.15) is 5.82 Å². The van der Waals surface area contributed by atoms with Crippen LogP contribution in [0.3, 0.4) is 0 Å². The number of halogens is 3. The summed E-state index contributed by atoms with van der Waals surface area (Å²) in [6, 6.07) is 2.93. The lowest BCUT2D eigenvalue weighted by atomic mass is 10.1. The Balaban J connectivity index is 2.00. The summed E-state index contributed by atoms with van der Waals surface area (Å²) >= 11 is 0. The molecular weight excluding hydrogens is 345 g/mol. The summed E-state index contributed by atoms with van der Waals surface area (Å²) in [7, 11) is 1.73. The van der Waals surface area contributed by atoms with Crippen molar-refractivity contribution in [2.45, 2.75) is 26.4 Å². The maximum Gasteiger partial charge on any atom is 0.192 e. The van der Waals surface area contributed by atoms with Crippen LogP contribution in [0.5, 0.6) is 5.75 Å². The molecule has 0 bridgehead atoms. The van der Waals surface area contributed by atoms with Gasteiger partial charge in [0.15, 0.2) is 34.6 Å². The number of ether oxygens (including phenoxy) is 1. The number of rotatable bonds is 4. The van der Waals surface area contributed by atoms with E-state index in [0.717, 1.165) is 11.1 Å².